The summed E-state index contributed by atoms with van der Waals surface area (Å²) >= 11 is 0. The fraction of sp³-hybridized carbons (Fsp3) is 0.350. The van der Waals surface area contributed by atoms with Crippen LogP contribution in [0.5, 0.6) is 0 Å². The van der Waals surface area contributed by atoms with E-state index in [1.54, 1.807) is 4.90 Å². The molecule has 6 heteroatoms. The maximum absolute atomic E-state index is 12.5. The molecule has 1 fully saturated rings. The number of amides is 1. The highest BCUT2D eigenvalue weighted by Gasteiger charge is 2.41. The first-order chi connectivity index (χ1) is 12.5. The minimum Gasteiger partial charge on any atom is -0.340 e. The van der Waals surface area contributed by atoms with Crippen LogP contribution in [-0.2, 0) is 20.2 Å². The van der Waals surface area contributed by atoms with Crippen LogP contribution < -0.4 is 4.72 Å². The van der Waals surface area contributed by atoms with Crippen LogP contribution in [0.25, 0.3) is 0 Å². The van der Waals surface area contributed by atoms with Crippen molar-refractivity contribution in [2.75, 3.05) is 25.9 Å². The van der Waals surface area contributed by atoms with Crippen LogP contribution in [0, 0.1) is 0 Å². The van der Waals surface area contributed by atoms with E-state index in [0.29, 0.717) is 13.0 Å². The summed E-state index contributed by atoms with van der Waals surface area (Å²) in [7, 11) is -1.96. The van der Waals surface area contributed by atoms with Gasteiger partial charge in [0.15, 0.2) is 0 Å². The Kier molecular flexibility index (Phi) is 5.44. The number of sulfonamides is 1. The summed E-state index contributed by atoms with van der Waals surface area (Å²) in [6.45, 7) is 0.683. The second kappa shape index (κ2) is 7.60. The van der Waals surface area contributed by atoms with Gasteiger partial charge in [0, 0.05) is 24.9 Å². The number of rotatable bonds is 6. The summed E-state index contributed by atoms with van der Waals surface area (Å²) in [5, 5.41) is 0. The zero-order valence-corrected chi connectivity index (χ0v) is 15.7. The van der Waals surface area contributed by atoms with Gasteiger partial charge in [0.2, 0.25) is 15.9 Å². The van der Waals surface area contributed by atoms with Crippen molar-refractivity contribution in [3.8, 4) is 0 Å². The monoisotopic (exact) mass is 372 g/mol. The van der Waals surface area contributed by atoms with Gasteiger partial charge in [-0.3, -0.25) is 4.79 Å². The van der Waals surface area contributed by atoms with Crippen molar-refractivity contribution in [1.29, 1.82) is 0 Å². The van der Waals surface area contributed by atoms with Crippen molar-refractivity contribution >= 4 is 15.9 Å². The lowest BCUT2D eigenvalue weighted by molar-refractivity contribution is -0.134. The molecule has 0 spiro atoms. The van der Waals surface area contributed by atoms with E-state index in [-0.39, 0.29) is 23.6 Å². The quantitative estimate of drug-likeness (QED) is 0.845. The Morgan fingerprint density at radius 1 is 1.00 bits per heavy atom. The molecule has 1 heterocycles. The topological polar surface area (TPSA) is 66.5 Å². The second-order valence-electron chi connectivity index (χ2n) is 6.65. The number of likely N-dealkylation sites (tertiary alicyclic amines) is 1. The lowest BCUT2D eigenvalue weighted by atomic mass is 9.69. The van der Waals surface area contributed by atoms with E-state index in [9.17, 15) is 13.2 Å². The lowest BCUT2D eigenvalue weighted by Crippen LogP contribution is -2.51. The summed E-state index contributed by atoms with van der Waals surface area (Å²) < 4.78 is 25.9. The van der Waals surface area contributed by atoms with Gasteiger partial charge in [-0.25, -0.2) is 13.1 Å². The third kappa shape index (κ3) is 3.81. The maximum Gasteiger partial charge on any atom is 0.222 e. The predicted molar refractivity (Wildman–Crippen MR) is 102 cm³/mol. The van der Waals surface area contributed by atoms with E-state index in [1.807, 2.05) is 36.4 Å². The zero-order chi connectivity index (χ0) is 18.6. The summed E-state index contributed by atoms with van der Waals surface area (Å²) in [5.41, 5.74) is 1.99. The number of hydrogen-bond donors (Lipinski definition) is 1. The molecule has 0 aromatic heterocycles. The van der Waals surface area contributed by atoms with Gasteiger partial charge < -0.3 is 4.90 Å². The van der Waals surface area contributed by atoms with Gasteiger partial charge in [0.25, 0.3) is 0 Å². The molecule has 0 radical (unpaired) electrons. The highest BCUT2D eigenvalue weighted by Crippen LogP contribution is 2.40. The van der Waals surface area contributed by atoms with Crippen molar-refractivity contribution in [2.24, 2.45) is 0 Å². The van der Waals surface area contributed by atoms with Crippen LogP contribution in [0.2, 0.25) is 0 Å². The smallest absolute Gasteiger partial charge is 0.222 e. The highest BCUT2D eigenvalue weighted by atomic mass is 32.2. The first-order valence-electron chi connectivity index (χ1n) is 8.77. The maximum atomic E-state index is 12.5. The van der Waals surface area contributed by atoms with E-state index in [2.05, 4.69) is 29.0 Å². The van der Waals surface area contributed by atoms with Crippen molar-refractivity contribution in [2.45, 2.75) is 18.3 Å². The fourth-order valence-electron chi connectivity index (χ4n) is 3.66. The molecular weight excluding hydrogens is 348 g/mol. The summed E-state index contributed by atoms with van der Waals surface area (Å²) in [6.07, 6.45) is 1.12. The van der Waals surface area contributed by atoms with E-state index in [4.69, 9.17) is 0 Å². The van der Waals surface area contributed by atoms with Crippen LogP contribution in [0.3, 0.4) is 0 Å². The van der Waals surface area contributed by atoms with Crippen LogP contribution >= 0.6 is 0 Å². The Balaban J connectivity index is 1.96. The summed E-state index contributed by atoms with van der Waals surface area (Å²) in [5.74, 6) is -0.0756. The molecule has 0 atom stereocenters. The van der Waals surface area contributed by atoms with Crippen molar-refractivity contribution in [3.63, 3.8) is 0 Å². The van der Waals surface area contributed by atoms with Gasteiger partial charge in [0.05, 0.1) is 5.75 Å². The normalized spacial score (nSPS) is 17.3. The molecule has 1 aliphatic heterocycles. The molecule has 0 unspecified atom stereocenters. The molecule has 1 amide bonds. The zero-order valence-electron chi connectivity index (χ0n) is 14.9. The summed E-state index contributed by atoms with van der Waals surface area (Å²) in [4.78, 5) is 14.2. The number of hydrogen-bond acceptors (Lipinski definition) is 3. The molecule has 1 aliphatic rings. The third-order valence-electron chi connectivity index (χ3n) is 5.17. The molecule has 138 valence electrons. The molecule has 2 aromatic carbocycles. The molecule has 5 nitrogen and oxygen atoms in total. The van der Waals surface area contributed by atoms with Gasteiger partial charge >= 0.3 is 0 Å². The minimum absolute atomic E-state index is 0.0128. The number of carbonyl (C=O) groups is 1. The van der Waals surface area contributed by atoms with E-state index < -0.39 is 10.0 Å². The van der Waals surface area contributed by atoms with E-state index in [1.165, 1.54) is 7.05 Å². The van der Waals surface area contributed by atoms with Crippen LogP contribution in [-0.4, -0.2) is 45.1 Å². The molecule has 3 rings (SSSR count). The Labute approximate surface area is 155 Å². The van der Waals surface area contributed by atoms with Crippen LogP contribution in [0.15, 0.2) is 60.7 Å². The Morgan fingerprint density at radius 2 is 1.54 bits per heavy atom. The molecule has 0 bridgehead atoms. The van der Waals surface area contributed by atoms with Crippen LogP contribution in [0.1, 0.15) is 24.0 Å². The molecule has 0 aliphatic carbocycles. The molecule has 1 saturated heterocycles. The number of benzene rings is 2. The van der Waals surface area contributed by atoms with Crippen molar-refractivity contribution in [1.82, 2.24) is 9.62 Å². The number of piperidine rings is 1. The van der Waals surface area contributed by atoms with Crippen LogP contribution in [0.4, 0.5) is 0 Å². The third-order valence-corrected chi connectivity index (χ3v) is 6.51. The SMILES string of the molecule is CNS(=O)(=O)CCN1CC(c2ccccc2)(c2ccccc2)CCC1=O. The Morgan fingerprint density at radius 3 is 2.04 bits per heavy atom. The molecule has 26 heavy (non-hydrogen) atoms. The van der Waals surface area contributed by atoms with Gasteiger partial charge in [-0.15, -0.1) is 0 Å². The first kappa shape index (κ1) is 18.6. The van der Waals surface area contributed by atoms with Gasteiger partial charge in [-0.05, 0) is 24.6 Å². The standard InChI is InChI=1S/C20H24N2O3S/c1-21-26(24,25)15-14-22-16-20(13-12-19(22)23,17-8-4-2-5-9-17)18-10-6-3-7-11-18/h2-11,21H,12-16H2,1H3. The first-order valence-corrected chi connectivity index (χ1v) is 10.4. The second-order valence-corrected chi connectivity index (χ2v) is 8.70. The Bertz CT molecular complexity index is 812. The van der Waals surface area contributed by atoms with Gasteiger partial charge in [0.1, 0.15) is 0 Å². The van der Waals surface area contributed by atoms with Crippen molar-refractivity contribution in [3.05, 3.63) is 71.8 Å². The average molecular weight is 372 g/mol. The molecular formula is C20H24N2O3S. The van der Waals surface area contributed by atoms with E-state index in [0.717, 1.165) is 17.5 Å². The Hall–Kier alpha value is -2.18. The average Bonchev–Trinajstić information content (AvgIpc) is 2.69. The summed E-state index contributed by atoms with van der Waals surface area (Å²) in [6, 6.07) is 20.3. The predicted octanol–water partition coefficient (Wildman–Crippen LogP) is 2.14. The largest absolute Gasteiger partial charge is 0.340 e. The number of carbonyl (C=O) groups excluding carboxylic acids is 1. The van der Waals surface area contributed by atoms with Crippen molar-refractivity contribution < 1.29 is 13.2 Å². The van der Waals surface area contributed by atoms with Gasteiger partial charge in [-0.2, -0.15) is 0 Å². The number of nitrogens with zero attached hydrogens (tertiary/aromatic N) is 1. The number of nitrogens with one attached hydrogen (secondary N) is 1. The highest BCUT2D eigenvalue weighted by molar-refractivity contribution is 7.89. The van der Waals surface area contributed by atoms with E-state index >= 15 is 0 Å². The molecule has 0 saturated carbocycles. The fourth-order valence-corrected chi connectivity index (χ4v) is 4.32. The molecule has 2 aromatic rings. The molecule has 1 N–H and O–H groups in total. The minimum atomic E-state index is -3.35. The lowest BCUT2D eigenvalue weighted by Gasteiger charge is -2.43. The van der Waals surface area contributed by atoms with Gasteiger partial charge in [-0.1, -0.05) is 60.7 Å².